The summed E-state index contributed by atoms with van der Waals surface area (Å²) in [5, 5.41) is 0. The number of hydrogen-bond acceptors (Lipinski definition) is 4. The third-order valence-corrected chi connectivity index (χ3v) is 2.90. The molecule has 0 heterocycles. The predicted molar refractivity (Wildman–Crippen MR) is 62.1 cm³/mol. The van der Waals surface area contributed by atoms with Gasteiger partial charge in [0.05, 0.1) is 12.5 Å². The van der Waals surface area contributed by atoms with Gasteiger partial charge in [0.25, 0.3) is 0 Å². The van der Waals surface area contributed by atoms with E-state index >= 15 is 0 Å². The summed E-state index contributed by atoms with van der Waals surface area (Å²) in [6, 6.07) is 0. The molecule has 0 aromatic rings. The van der Waals surface area contributed by atoms with Crippen LogP contribution in [0.1, 0.15) is 51.9 Å². The van der Waals surface area contributed by atoms with Gasteiger partial charge in [-0.15, -0.1) is 5.48 Å². The molecule has 0 spiro atoms. The van der Waals surface area contributed by atoms with Crippen molar-refractivity contribution in [1.82, 2.24) is 5.48 Å². The first-order valence-corrected chi connectivity index (χ1v) is 6.37. The van der Waals surface area contributed by atoms with E-state index in [1.165, 1.54) is 6.42 Å². The SMILES string of the molecule is CCCCOC(=O)NOC(=O)C1CCCCC1. The molecular weight excluding hydrogens is 222 g/mol. The second-order valence-corrected chi connectivity index (χ2v) is 4.35. The Labute approximate surface area is 102 Å². The molecular formula is C12H21NO4. The van der Waals surface area contributed by atoms with E-state index in [-0.39, 0.29) is 11.9 Å². The molecule has 0 saturated heterocycles. The van der Waals surface area contributed by atoms with E-state index < -0.39 is 6.09 Å². The van der Waals surface area contributed by atoms with E-state index in [0.717, 1.165) is 38.5 Å². The van der Waals surface area contributed by atoms with Crippen molar-refractivity contribution in [2.24, 2.45) is 5.92 Å². The van der Waals surface area contributed by atoms with Crippen molar-refractivity contribution in [3.63, 3.8) is 0 Å². The highest BCUT2D eigenvalue weighted by atomic mass is 16.7. The molecule has 1 aliphatic rings. The van der Waals surface area contributed by atoms with Crippen LogP contribution in [-0.4, -0.2) is 18.7 Å². The Morgan fingerprint density at radius 3 is 2.59 bits per heavy atom. The fraction of sp³-hybridized carbons (Fsp3) is 0.833. The highest BCUT2D eigenvalue weighted by Crippen LogP contribution is 2.24. The first-order valence-electron chi connectivity index (χ1n) is 6.37. The number of amides is 1. The monoisotopic (exact) mass is 243 g/mol. The second-order valence-electron chi connectivity index (χ2n) is 4.35. The van der Waals surface area contributed by atoms with Crippen molar-refractivity contribution in [1.29, 1.82) is 0 Å². The van der Waals surface area contributed by atoms with Crippen LogP contribution < -0.4 is 5.48 Å². The number of rotatable bonds is 4. The summed E-state index contributed by atoms with van der Waals surface area (Å²) < 4.78 is 4.79. The zero-order valence-electron chi connectivity index (χ0n) is 10.4. The van der Waals surface area contributed by atoms with E-state index in [2.05, 4.69) is 0 Å². The number of nitrogens with one attached hydrogen (secondary N) is 1. The van der Waals surface area contributed by atoms with E-state index in [4.69, 9.17) is 9.57 Å². The molecule has 5 heteroatoms. The summed E-state index contributed by atoms with van der Waals surface area (Å²) in [5.74, 6) is -0.420. The van der Waals surface area contributed by atoms with Crippen LogP contribution in [0, 0.1) is 5.92 Å². The highest BCUT2D eigenvalue weighted by Gasteiger charge is 2.23. The van der Waals surface area contributed by atoms with E-state index in [1.54, 1.807) is 0 Å². The lowest BCUT2D eigenvalue weighted by atomic mass is 9.89. The summed E-state index contributed by atoms with van der Waals surface area (Å²) in [6.45, 7) is 2.35. The van der Waals surface area contributed by atoms with Crippen molar-refractivity contribution in [3.05, 3.63) is 0 Å². The van der Waals surface area contributed by atoms with Gasteiger partial charge in [0, 0.05) is 0 Å². The number of unbranched alkanes of at least 4 members (excludes halogenated alkanes) is 1. The molecule has 0 aromatic heterocycles. The summed E-state index contributed by atoms with van der Waals surface area (Å²) in [4.78, 5) is 27.3. The highest BCUT2D eigenvalue weighted by molar-refractivity contribution is 5.75. The molecule has 5 nitrogen and oxygen atoms in total. The Morgan fingerprint density at radius 2 is 1.94 bits per heavy atom. The quantitative estimate of drug-likeness (QED) is 0.608. The van der Waals surface area contributed by atoms with Crippen LogP contribution in [0.4, 0.5) is 4.79 Å². The van der Waals surface area contributed by atoms with Gasteiger partial charge < -0.3 is 9.57 Å². The normalized spacial score (nSPS) is 16.3. The minimum absolute atomic E-state index is 0.0697. The van der Waals surface area contributed by atoms with Gasteiger partial charge in [-0.3, -0.25) is 0 Å². The van der Waals surface area contributed by atoms with Crippen LogP contribution in [0.3, 0.4) is 0 Å². The van der Waals surface area contributed by atoms with Gasteiger partial charge in [0.15, 0.2) is 0 Å². The molecule has 1 saturated carbocycles. The second kappa shape index (κ2) is 7.92. The maximum Gasteiger partial charge on any atom is 0.440 e. The fourth-order valence-corrected chi connectivity index (χ4v) is 1.85. The molecule has 17 heavy (non-hydrogen) atoms. The van der Waals surface area contributed by atoms with Crippen molar-refractivity contribution >= 4 is 12.1 Å². The number of carbonyl (C=O) groups excluding carboxylic acids is 2. The zero-order chi connectivity index (χ0) is 12.5. The standard InChI is InChI=1S/C12H21NO4/c1-2-3-9-16-12(15)13-17-11(14)10-7-5-4-6-8-10/h10H,2-9H2,1H3,(H,13,15). The predicted octanol–water partition coefficient (Wildman–Crippen LogP) is 2.55. The third kappa shape index (κ3) is 5.56. The number of ether oxygens (including phenoxy) is 1. The number of carbonyl (C=O) groups is 2. The average molecular weight is 243 g/mol. The molecule has 0 unspecified atom stereocenters. The zero-order valence-corrected chi connectivity index (χ0v) is 10.4. The molecule has 0 aromatic carbocycles. The van der Waals surface area contributed by atoms with Crippen molar-refractivity contribution in [3.8, 4) is 0 Å². The van der Waals surface area contributed by atoms with Gasteiger partial charge in [-0.05, 0) is 19.3 Å². The summed E-state index contributed by atoms with van der Waals surface area (Å²) >= 11 is 0. The molecule has 1 fully saturated rings. The maximum atomic E-state index is 11.5. The summed E-state index contributed by atoms with van der Waals surface area (Å²) in [7, 11) is 0. The van der Waals surface area contributed by atoms with Crippen molar-refractivity contribution < 1.29 is 19.2 Å². The maximum absolute atomic E-state index is 11.5. The molecule has 1 rings (SSSR count). The number of hydrogen-bond donors (Lipinski definition) is 1. The van der Waals surface area contributed by atoms with Gasteiger partial charge >= 0.3 is 12.1 Å². The van der Waals surface area contributed by atoms with Crippen LogP contribution in [0.25, 0.3) is 0 Å². The number of hydroxylamine groups is 1. The lowest BCUT2D eigenvalue weighted by Gasteiger charge is -2.19. The van der Waals surface area contributed by atoms with Gasteiger partial charge in [-0.25, -0.2) is 9.59 Å². The third-order valence-electron chi connectivity index (χ3n) is 2.90. The van der Waals surface area contributed by atoms with E-state index in [1.807, 2.05) is 12.4 Å². The Hall–Kier alpha value is -1.26. The van der Waals surface area contributed by atoms with Crippen LogP contribution in [-0.2, 0) is 14.4 Å². The van der Waals surface area contributed by atoms with Crippen LogP contribution in [0.5, 0.6) is 0 Å². The molecule has 0 bridgehead atoms. The summed E-state index contributed by atoms with van der Waals surface area (Å²) in [6.07, 6.45) is 6.07. The van der Waals surface area contributed by atoms with Gasteiger partial charge in [-0.2, -0.15) is 0 Å². The summed E-state index contributed by atoms with van der Waals surface area (Å²) in [5.41, 5.74) is 2.03. The topological polar surface area (TPSA) is 64.6 Å². The average Bonchev–Trinajstić information content (AvgIpc) is 2.37. The van der Waals surface area contributed by atoms with Gasteiger partial charge in [-0.1, -0.05) is 32.6 Å². The van der Waals surface area contributed by atoms with Crippen molar-refractivity contribution in [2.75, 3.05) is 6.61 Å². The molecule has 0 radical (unpaired) electrons. The molecule has 1 N–H and O–H groups in total. The lowest BCUT2D eigenvalue weighted by Crippen LogP contribution is -2.32. The Kier molecular flexibility index (Phi) is 6.43. The minimum atomic E-state index is -0.692. The Bertz CT molecular complexity index is 249. The van der Waals surface area contributed by atoms with E-state index in [0.29, 0.717) is 6.61 Å². The Morgan fingerprint density at radius 1 is 1.24 bits per heavy atom. The Balaban J connectivity index is 2.11. The first-order chi connectivity index (χ1) is 8.24. The van der Waals surface area contributed by atoms with Crippen LogP contribution >= 0.6 is 0 Å². The lowest BCUT2D eigenvalue weighted by molar-refractivity contribution is -0.155. The molecule has 1 aliphatic carbocycles. The van der Waals surface area contributed by atoms with Gasteiger partial charge in [0.2, 0.25) is 0 Å². The fourth-order valence-electron chi connectivity index (χ4n) is 1.85. The molecule has 98 valence electrons. The van der Waals surface area contributed by atoms with Gasteiger partial charge in [0.1, 0.15) is 0 Å². The first kappa shape index (κ1) is 13.8. The molecule has 0 atom stereocenters. The van der Waals surface area contributed by atoms with Crippen LogP contribution in [0.15, 0.2) is 0 Å². The molecule has 1 amide bonds. The van der Waals surface area contributed by atoms with Crippen LogP contribution in [0.2, 0.25) is 0 Å². The largest absolute Gasteiger partial charge is 0.447 e. The van der Waals surface area contributed by atoms with Crippen molar-refractivity contribution in [2.45, 2.75) is 51.9 Å². The molecule has 0 aliphatic heterocycles. The smallest absolute Gasteiger partial charge is 0.440 e. The van der Waals surface area contributed by atoms with E-state index in [9.17, 15) is 9.59 Å². The minimum Gasteiger partial charge on any atom is -0.447 e.